The van der Waals surface area contributed by atoms with Gasteiger partial charge in [0, 0.05) is 30.1 Å². The van der Waals surface area contributed by atoms with Gasteiger partial charge in [0.05, 0.1) is 5.69 Å². The topological polar surface area (TPSA) is 9.34 Å². The van der Waals surface area contributed by atoms with Crippen molar-refractivity contribution in [2.45, 2.75) is 45.6 Å². The lowest BCUT2D eigenvalue weighted by molar-refractivity contribution is 0.647. The van der Waals surface area contributed by atoms with Crippen LogP contribution in [0, 0.1) is 0 Å². The predicted octanol–water partition coefficient (Wildman–Crippen LogP) is 6.53. The number of aromatic nitrogens is 2. The highest BCUT2D eigenvalue weighted by atomic mass is 15.1. The van der Waals surface area contributed by atoms with E-state index in [1.807, 2.05) is 0 Å². The Morgan fingerprint density at radius 1 is 0.815 bits per heavy atom. The van der Waals surface area contributed by atoms with E-state index in [0.29, 0.717) is 5.92 Å². The summed E-state index contributed by atoms with van der Waals surface area (Å²) in [4.78, 5) is 0. The Morgan fingerprint density at radius 2 is 1.59 bits per heavy atom. The minimum absolute atomic E-state index is 0.575. The molecule has 1 aliphatic heterocycles. The minimum Gasteiger partial charge on any atom is -0.325 e. The summed E-state index contributed by atoms with van der Waals surface area (Å²) in [6, 6.07) is 20.0. The molecule has 2 nitrogen and oxygen atoms in total. The lowest BCUT2D eigenvalue weighted by atomic mass is 9.97. The van der Waals surface area contributed by atoms with Gasteiger partial charge in [-0.25, -0.2) is 0 Å². The summed E-state index contributed by atoms with van der Waals surface area (Å²) in [5, 5.41) is 0. The fraction of sp³-hybridized carbons (Fsp3) is 0.280. The van der Waals surface area contributed by atoms with Crippen molar-refractivity contribution in [3.05, 3.63) is 78.1 Å². The molecule has 0 bridgehead atoms. The van der Waals surface area contributed by atoms with Crippen LogP contribution >= 0.6 is 0 Å². The van der Waals surface area contributed by atoms with E-state index in [1.54, 1.807) is 0 Å². The quantitative estimate of drug-likeness (QED) is 0.395. The molecule has 0 unspecified atom stereocenters. The van der Waals surface area contributed by atoms with E-state index >= 15 is 0 Å². The van der Waals surface area contributed by atoms with Crippen LogP contribution in [0.1, 0.15) is 43.7 Å². The molecule has 5 rings (SSSR count). The Bertz CT molecular complexity index is 1080. The van der Waals surface area contributed by atoms with E-state index in [4.69, 9.17) is 0 Å². The third-order valence-electron chi connectivity index (χ3n) is 5.93. The number of hydrogen-bond donors (Lipinski definition) is 0. The van der Waals surface area contributed by atoms with Crippen molar-refractivity contribution < 1.29 is 0 Å². The van der Waals surface area contributed by atoms with Gasteiger partial charge >= 0.3 is 0 Å². The van der Waals surface area contributed by atoms with Crippen LogP contribution in [0.4, 0.5) is 0 Å². The second kappa shape index (κ2) is 6.45. The fourth-order valence-corrected chi connectivity index (χ4v) is 4.45. The van der Waals surface area contributed by atoms with Crippen molar-refractivity contribution in [3.63, 3.8) is 0 Å². The van der Waals surface area contributed by atoms with Gasteiger partial charge in [0.15, 0.2) is 0 Å². The van der Waals surface area contributed by atoms with Crippen LogP contribution in [-0.4, -0.2) is 8.97 Å². The van der Waals surface area contributed by atoms with Gasteiger partial charge in [-0.05, 0) is 41.9 Å². The van der Waals surface area contributed by atoms with Gasteiger partial charge in [-0.1, -0.05) is 68.4 Å². The summed E-state index contributed by atoms with van der Waals surface area (Å²) in [6.07, 6.45) is 8.31. The molecule has 2 heteroatoms. The van der Waals surface area contributed by atoms with Gasteiger partial charge in [0.2, 0.25) is 0 Å². The Balaban J connectivity index is 1.67. The molecule has 0 amide bonds. The number of imidazole rings is 1. The number of hydrogen-bond acceptors (Lipinski definition) is 0. The van der Waals surface area contributed by atoms with Gasteiger partial charge in [0.1, 0.15) is 5.65 Å². The second-order valence-corrected chi connectivity index (χ2v) is 8.02. The maximum Gasteiger partial charge on any atom is 0.121 e. The van der Waals surface area contributed by atoms with Crippen LogP contribution < -0.4 is 0 Å². The van der Waals surface area contributed by atoms with Gasteiger partial charge in [0.25, 0.3) is 0 Å². The van der Waals surface area contributed by atoms with Crippen molar-refractivity contribution >= 4 is 5.65 Å². The Labute approximate surface area is 161 Å². The molecule has 0 saturated carbocycles. The average Bonchev–Trinajstić information content (AvgIpc) is 3.13. The van der Waals surface area contributed by atoms with Crippen LogP contribution in [0.3, 0.4) is 0 Å². The molecule has 1 aliphatic rings. The molecule has 0 radical (unpaired) electrons. The van der Waals surface area contributed by atoms with E-state index in [1.165, 1.54) is 52.0 Å². The molecule has 0 spiro atoms. The molecule has 0 atom stereocenters. The summed E-state index contributed by atoms with van der Waals surface area (Å²) in [7, 11) is 0. The van der Waals surface area contributed by atoms with Crippen LogP contribution in [0.15, 0.2) is 67.0 Å². The average molecular weight is 354 g/mol. The van der Waals surface area contributed by atoms with E-state index < -0.39 is 0 Å². The largest absolute Gasteiger partial charge is 0.325 e. The first-order chi connectivity index (χ1) is 13.2. The number of benzene rings is 2. The normalized spacial score (nSPS) is 14.0. The van der Waals surface area contributed by atoms with Crippen molar-refractivity contribution in [1.29, 1.82) is 0 Å². The molecule has 0 saturated heterocycles. The first-order valence-electron chi connectivity index (χ1n) is 10.1. The van der Waals surface area contributed by atoms with Crippen molar-refractivity contribution in [3.8, 4) is 22.4 Å². The molecule has 2 aromatic heterocycles. The van der Waals surface area contributed by atoms with E-state index in [-0.39, 0.29) is 0 Å². The standard InChI is InChI=1S/C25H26N2/c1-18(2)19-11-13-20(14-12-19)23-16-26-17-24(21-8-4-3-5-9-21)27-15-7-6-10-22(23)25(26)27/h3-5,8-9,11-14,16-18H,6-7,10,15H2,1-2H3. The first-order valence-corrected chi connectivity index (χ1v) is 10.1. The molecule has 27 heavy (non-hydrogen) atoms. The molecule has 0 fully saturated rings. The fourth-order valence-electron chi connectivity index (χ4n) is 4.45. The highest BCUT2D eigenvalue weighted by Crippen LogP contribution is 2.36. The monoisotopic (exact) mass is 354 g/mol. The molecule has 4 aromatic rings. The summed E-state index contributed by atoms with van der Waals surface area (Å²) in [6.45, 7) is 5.61. The highest BCUT2D eigenvalue weighted by molar-refractivity contribution is 5.78. The smallest absolute Gasteiger partial charge is 0.121 e. The molecule has 136 valence electrons. The van der Waals surface area contributed by atoms with Crippen molar-refractivity contribution in [2.24, 2.45) is 0 Å². The highest BCUT2D eigenvalue weighted by Gasteiger charge is 2.21. The zero-order valence-corrected chi connectivity index (χ0v) is 16.2. The number of aryl methyl sites for hydroxylation is 2. The molecular formula is C25H26N2. The van der Waals surface area contributed by atoms with Gasteiger partial charge < -0.3 is 8.97 Å². The SMILES string of the molecule is CC(C)c1ccc(-c2cn3cc(-c4ccccc4)n4c3c2CCCC4)cc1. The predicted molar refractivity (Wildman–Crippen MR) is 113 cm³/mol. The van der Waals surface area contributed by atoms with Crippen molar-refractivity contribution in [2.75, 3.05) is 0 Å². The van der Waals surface area contributed by atoms with E-state index in [9.17, 15) is 0 Å². The zero-order chi connectivity index (χ0) is 18.4. The molecule has 2 aromatic carbocycles. The number of rotatable bonds is 3. The van der Waals surface area contributed by atoms with E-state index in [0.717, 1.165) is 13.0 Å². The van der Waals surface area contributed by atoms with Crippen LogP contribution in [-0.2, 0) is 13.0 Å². The lowest BCUT2D eigenvalue weighted by Gasteiger charge is -2.09. The van der Waals surface area contributed by atoms with Gasteiger partial charge in [-0.3, -0.25) is 0 Å². The third kappa shape index (κ3) is 2.71. The van der Waals surface area contributed by atoms with Crippen molar-refractivity contribution in [1.82, 2.24) is 8.97 Å². The molecule has 0 N–H and O–H groups in total. The van der Waals surface area contributed by atoms with Gasteiger partial charge in [-0.15, -0.1) is 0 Å². The zero-order valence-electron chi connectivity index (χ0n) is 16.2. The molecule has 0 aliphatic carbocycles. The third-order valence-corrected chi connectivity index (χ3v) is 5.93. The Morgan fingerprint density at radius 3 is 2.33 bits per heavy atom. The first kappa shape index (κ1) is 16.4. The summed E-state index contributed by atoms with van der Waals surface area (Å²) in [5.41, 5.74) is 9.67. The lowest BCUT2D eigenvalue weighted by Crippen LogP contribution is -1.98. The van der Waals surface area contributed by atoms with Crippen LogP contribution in [0.25, 0.3) is 28.0 Å². The maximum atomic E-state index is 2.53. The Kier molecular flexibility index (Phi) is 3.93. The van der Waals surface area contributed by atoms with Crippen LogP contribution in [0.5, 0.6) is 0 Å². The molecular weight excluding hydrogens is 328 g/mol. The van der Waals surface area contributed by atoms with Gasteiger partial charge in [-0.2, -0.15) is 0 Å². The second-order valence-electron chi connectivity index (χ2n) is 8.02. The Hall–Kier alpha value is -2.74. The number of nitrogens with zero attached hydrogens (tertiary/aromatic N) is 2. The van der Waals surface area contributed by atoms with E-state index in [2.05, 4.69) is 89.8 Å². The van der Waals surface area contributed by atoms with Crippen LogP contribution in [0.2, 0.25) is 0 Å². The minimum atomic E-state index is 0.575. The molecule has 3 heterocycles. The maximum absolute atomic E-state index is 2.53. The summed E-state index contributed by atoms with van der Waals surface area (Å²) >= 11 is 0. The summed E-state index contributed by atoms with van der Waals surface area (Å²) in [5.74, 6) is 0.575. The summed E-state index contributed by atoms with van der Waals surface area (Å²) < 4.78 is 4.89.